The van der Waals surface area contributed by atoms with Gasteiger partial charge in [-0.15, -0.1) is 0 Å². The van der Waals surface area contributed by atoms with E-state index >= 15 is 0 Å². The van der Waals surface area contributed by atoms with E-state index in [2.05, 4.69) is 4.74 Å². The molecule has 0 aliphatic carbocycles. The zero-order valence-electron chi connectivity index (χ0n) is 10.3. The minimum absolute atomic E-state index is 0.0610. The first kappa shape index (κ1) is 14.0. The van der Waals surface area contributed by atoms with Crippen LogP contribution in [0.15, 0.2) is 12.1 Å². The number of hydrogen-bond donors (Lipinski definition) is 0. The highest BCUT2D eigenvalue weighted by atomic mass is 19.1. The molecular weight excluding hydrogens is 243 g/mol. The van der Waals surface area contributed by atoms with E-state index in [1.165, 1.54) is 26.4 Å². The second kappa shape index (κ2) is 6.00. The van der Waals surface area contributed by atoms with Crippen LogP contribution in [0.1, 0.15) is 17.3 Å². The number of benzene rings is 1. The van der Waals surface area contributed by atoms with Crippen LogP contribution in [-0.2, 0) is 9.53 Å². The van der Waals surface area contributed by atoms with Gasteiger partial charge < -0.3 is 14.2 Å². The van der Waals surface area contributed by atoms with Gasteiger partial charge in [0.2, 0.25) is 5.82 Å². The first-order valence-corrected chi connectivity index (χ1v) is 5.18. The molecule has 1 aromatic carbocycles. The number of methoxy groups -OCH3 is 2. The maximum atomic E-state index is 13.8. The largest absolute Gasteiger partial charge is 0.494 e. The molecule has 0 atom stereocenters. The Bertz CT molecular complexity index is 470. The number of ether oxygens (including phenoxy) is 3. The highest BCUT2D eigenvalue weighted by Crippen LogP contribution is 2.30. The maximum Gasteiger partial charge on any atom is 0.379 e. The number of rotatable bonds is 5. The van der Waals surface area contributed by atoms with Gasteiger partial charge in [0.05, 0.1) is 26.4 Å². The average molecular weight is 256 g/mol. The Hall–Kier alpha value is -2.11. The molecule has 1 rings (SSSR count). The SMILES string of the molecule is CCOC(=O)C(=O)c1ccc(OC)c(F)c1OC. The lowest BCUT2D eigenvalue weighted by Crippen LogP contribution is -2.18. The monoisotopic (exact) mass is 256 g/mol. The van der Waals surface area contributed by atoms with E-state index in [1.807, 2.05) is 0 Å². The molecular formula is C12H13FO5. The van der Waals surface area contributed by atoms with Crippen LogP contribution in [0.25, 0.3) is 0 Å². The molecule has 0 aliphatic heterocycles. The zero-order valence-corrected chi connectivity index (χ0v) is 10.3. The van der Waals surface area contributed by atoms with Gasteiger partial charge in [0.1, 0.15) is 0 Å². The molecule has 0 aliphatic rings. The van der Waals surface area contributed by atoms with Gasteiger partial charge in [0.25, 0.3) is 5.78 Å². The normalized spacial score (nSPS) is 9.78. The molecule has 0 aromatic heterocycles. The molecule has 18 heavy (non-hydrogen) atoms. The second-order valence-corrected chi connectivity index (χ2v) is 3.21. The lowest BCUT2D eigenvalue weighted by molar-refractivity contribution is -0.137. The molecule has 0 amide bonds. The van der Waals surface area contributed by atoms with E-state index in [9.17, 15) is 14.0 Å². The standard InChI is InChI=1S/C12H13FO5/c1-4-18-12(15)10(14)7-5-6-8(16-2)9(13)11(7)17-3/h5-6H,4H2,1-3H3. The summed E-state index contributed by atoms with van der Waals surface area (Å²) in [6.07, 6.45) is 0. The molecule has 0 N–H and O–H groups in total. The third-order valence-electron chi connectivity index (χ3n) is 2.19. The van der Waals surface area contributed by atoms with Crippen LogP contribution >= 0.6 is 0 Å². The summed E-state index contributed by atoms with van der Waals surface area (Å²) in [7, 11) is 2.48. The molecule has 6 heteroatoms. The molecule has 0 heterocycles. The number of Topliss-reactive ketones (excluding diaryl/α,β-unsaturated/α-hetero) is 1. The summed E-state index contributed by atoms with van der Waals surface area (Å²) in [6, 6.07) is 2.49. The fraction of sp³-hybridized carbons (Fsp3) is 0.333. The number of carbonyl (C=O) groups excluding carboxylic acids is 2. The fourth-order valence-electron chi connectivity index (χ4n) is 1.38. The topological polar surface area (TPSA) is 61.8 Å². The van der Waals surface area contributed by atoms with Gasteiger partial charge in [-0.1, -0.05) is 0 Å². The minimum atomic E-state index is -1.06. The predicted octanol–water partition coefficient (Wildman–Crippen LogP) is 1.59. The van der Waals surface area contributed by atoms with Crippen LogP contribution in [0.3, 0.4) is 0 Å². The van der Waals surface area contributed by atoms with Crippen molar-refractivity contribution >= 4 is 11.8 Å². The lowest BCUT2D eigenvalue weighted by Gasteiger charge is -2.10. The summed E-state index contributed by atoms with van der Waals surface area (Å²) in [4.78, 5) is 23.0. The number of halogens is 1. The second-order valence-electron chi connectivity index (χ2n) is 3.21. The van der Waals surface area contributed by atoms with Crippen LogP contribution in [0.2, 0.25) is 0 Å². The molecule has 0 radical (unpaired) electrons. The molecule has 0 unspecified atom stereocenters. The van der Waals surface area contributed by atoms with Gasteiger partial charge in [-0.05, 0) is 19.1 Å². The first-order valence-electron chi connectivity index (χ1n) is 5.18. The Morgan fingerprint density at radius 1 is 1.22 bits per heavy atom. The van der Waals surface area contributed by atoms with E-state index in [4.69, 9.17) is 9.47 Å². The van der Waals surface area contributed by atoms with Crippen molar-refractivity contribution in [1.82, 2.24) is 0 Å². The van der Waals surface area contributed by atoms with Crippen LogP contribution in [0.4, 0.5) is 4.39 Å². The van der Waals surface area contributed by atoms with Gasteiger partial charge in [-0.3, -0.25) is 4.79 Å². The number of ketones is 1. The van der Waals surface area contributed by atoms with Crippen LogP contribution < -0.4 is 9.47 Å². The van der Waals surface area contributed by atoms with E-state index in [0.29, 0.717) is 0 Å². The number of carbonyl (C=O) groups is 2. The van der Waals surface area contributed by atoms with E-state index in [-0.39, 0.29) is 23.7 Å². The summed E-state index contributed by atoms with van der Waals surface area (Å²) in [5.74, 6) is -3.27. The molecule has 5 nitrogen and oxygen atoms in total. The Morgan fingerprint density at radius 2 is 1.89 bits per heavy atom. The van der Waals surface area contributed by atoms with Gasteiger partial charge in [-0.25, -0.2) is 4.79 Å². The highest BCUT2D eigenvalue weighted by Gasteiger charge is 2.25. The highest BCUT2D eigenvalue weighted by molar-refractivity contribution is 6.41. The summed E-state index contributed by atoms with van der Waals surface area (Å²) in [5.41, 5.74) is -0.200. The third kappa shape index (κ3) is 2.58. The molecule has 0 saturated heterocycles. The summed E-state index contributed by atoms with van der Waals surface area (Å²) in [5, 5.41) is 0. The lowest BCUT2D eigenvalue weighted by atomic mass is 10.1. The van der Waals surface area contributed by atoms with Crippen molar-refractivity contribution in [3.8, 4) is 11.5 Å². The summed E-state index contributed by atoms with van der Waals surface area (Å²) in [6.45, 7) is 1.63. The number of hydrogen-bond acceptors (Lipinski definition) is 5. The Balaban J connectivity index is 3.21. The molecule has 98 valence electrons. The third-order valence-corrected chi connectivity index (χ3v) is 2.19. The summed E-state index contributed by atoms with van der Waals surface area (Å²) >= 11 is 0. The summed E-state index contributed by atoms with van der Waals surface area (Å²) < 4.78 is 27.9. The van der Waals surface area contributed by atoms with Crippen molar-refractivity contribution in [2.45, 2.75) is 6.92 Å². The smallest absolute Gasteiger partial charge is 0.379 e. The van der Waals surface area contributed by atoms with Crippen LogP contribution in [-0.4, -0.2) is 32.6 Å². The molecule has 1 aromatic rings. The molecule has 0 saturated carbocycles. The Morgan fingerprint density at radius 3 is 2.39 bits per heavy atom. The van der Waals surface area contributed by atoms with E-state index in [0.717, 1.165) is 0 Å². The zero-order chi connectivity index (χ0) is 13.7. The number of esters is 1. The predicted molar refractivity (Wildman–Crippen MR) is 60.5 cm³/mol. The van der Waals surface area contributed by atoms with Crippen molar-refractivity contribution in [3.05, 3.63) is 23.5 Å². The maximum absolute atomic E-state index is 13.8. The van der Waals surface area contributed by atoms with Crippen molar-refractivity contribution in [1.29, 1.82) is 0 Å². The molecule has 0 fully saturated rings. The minimum Gasteiger partial charge on any atom is -0.494 e. The first-order chi connectivity index (χ1) is 8.56. The Kier molecular flexibility index (Phi) is 4.65. The van der Waals surface area contributed by atoms with Crippen molar-refractivity contribution in [3.63, 3.8) is 0 Å². The Labute approximate surface area is 103 Å². The van der Waals surface area contributed by atoms with Gasteiger partial charge in [0.15, 0.2) is 11.5 Å². The molecule has 0 bridgehead atoms. The fourth-order valence-corrected chi connectivity index (χ4v) is 1.38. The van der Waals surface area contributed by atoms with Crippen molar-refractivity contribution < 1.29 is 28.2 Å². The van der Waals surface area contributed by atoms with E-state index < -0.39 is 17.6 Å². The van der Waals surface area contributed by atoms with Gasteiger partial charge in [-0.2, -0.15) is 4.39 Å². The van der Waals surface area contributed by atoms with Gasteiger partial charge >= 0.3 is 5.97 Å². The quantitative estimate of drug-likeness (QED) is 0.455. The van der Waals surface area contributed by atoms with Crippen LogP contribution in [0, 0.1) is 5.82 Å². The van der Waals surface area contributed by atoms with Crippen LogP contribution in [0.5, 0.6) is 11.5 Å². The molecule has 0 spiro atoms. The van der Waals surface area contributed by atoms with E-state index in [1.54, 1.807) is 6.92 Å². The van der Waals surface area contributed by atoms with Gasteiger partial charge in [0, 0.05) is 0 Å². The van der Waals surface area contributed by atoms with Crippen molar-refractivity contribution in [2.75, 3.05) is 20.8 Å². The average Bonchev–Trinajstić information content (AvgIpc) is 2.37. The van der Waals surface area contributed by atoms with Crippen molar-refractivity contribution in [2.24, 2.45) is 0 Å².